The Morgan fingerprint density at radius 3 is 1.51 bits per heavy atom. The molecule has 0 spiro atoms. The van der Waals surface area contributed by atoms with E-state index in [1.165, 1.54) is 148 Å². The molecule has 1 rings (SSSR count). The third kappa shape index (κ3) is 29.8. The van der Waals surface area contributed by atoms with Gasteiger partial charge in [-0.2, -0.15) is 0 Å². The van der Waals surface area contributed by atoms with Crippen molar-refractivity contribution in [3.05, 3.63) is 12.2 Å². The molecule has 1 fully saturated rings. The summed E-state index contributed by atoms with van der Waals surface area (Å²) >= 11 is 0. The molecule has 1 heterocycles. The van der Waals surface area contributed by atoms with Crippen LogP contribution in [0.5, 0.6) is 0 Å². The number of allylic oxidation sites excluding steroid dienone is 2. The van der Waals surface area contributed by atoms with Crippen LogP contribution in [0.25, 0.3) is 0 Å². The van der Waals surface area contributed by atoms with Gasteiger partial charge in [0.15, 0.2) is 6.29 Å². The first-order chi connectivity index (χ1) is 26.9. The van der Waals surface area contributed by atoms with Crippen LogP contribution in [0.1, 0.15) is 213 Å². The van der Waals surface area contributed by atoms with E-state index in [0.29, 0.717) is 13.0 Å². The Morgan fingerprint density at radius 1 is 0.564 bits per heavy atom. The Hall–Kier alpha value is -1.07. The summed E-state index contributed by atoms with van der Waals surface area (Å²) in [4.78, 5) is 12.7. The topological polar surface area (TPSA) is 135 Å². The average Bonchev–Trinajstić information content (AvgIpc) is 3.18. The number of esters is 1. The van der Waals surface area contributed by atoms with Crippen molar-refractivity contribution in [2.45, 2.75) is 250 Å². The molecule has 0 aromatic carbocycles. The fourth-order valence-corrected chi connectivity index (χ4v) is 7.25. The maximum absolute atomic E-state index is 12.7. The van der Waals surface area contributed by atoms with E-state index in [4.69, 9.17) is 18.9 Å². The van der Waals surface area contributed by atoms with Crippen molar-refractivity contribution in [3.8, 4) is 0 Å². The van der Waals surface area contributed by atoms with E-state index >= 15 is 0 Å². The van der Waals surface area contributed by atoms with Crippen molar-refractivity contribution in [1.29, 1.82) is 0 Å². The molecular formula is C46H88O9. The zero-order valence-corrected chi connectivity index (χ0v) is 35.7. The van der Waals surface area contributed by atoms with Crippen LogP contribution in [0, 0.1) is 0 Å². The van der Waals surface area contributed by atoms with E-state index in [2.05, 4.69) is 26.0 Å². The van der Waals surface area contributed by atoms with Crippen LogP contribution >= 0.6 is 0 Å². The summed E-state index contributed by atoms with van der Waals surface area (Å²) < 4.78 is 22.8. The Balaban J connectivity index is 2.20. The molecule has 0 radical (unpaired) electrons. The summed E-state index contributed by atoms with van der Waals surface area (Å²) in [5.41, 5.74) is 0. The molecule has 6 unspecified atom stereocenters. The quantitative estimate of drug-likeness (QED) is 0.0272. The second-order valence-electron chi connectivity index (χ2n) is 16.2. The van der Waals surface area contributed by atoms with Crippen molar-refractivity contribution < 1.29 is 44.2 Å². The molecule has 1 saturated heterocycles. The number of carbonyl (C=O) groups is 1. The van der Waals surface area contributed by atoms with Gasteiger partial charge in [0.1, 0.15) is 30.5 Å². The highest BCUT2D eigenvalue weighted by atomic mass is 16.7. The molecule has 6 atom stereocenters. The second kappa shape index (κ2) is 38.4. The van der Waals surface area contributed by atoms with Gasteiger partial charge in [0.05, 0.1) is 19.8 Å². The summed E-state index contributed by atoms with van der Waals surface area (Å²) in [5.74, 6) is -0.320. The zero-order chi connectivity index (χ0) is 40.0. The lowest BCUT2D eigenvalue weighted by Gasteiger charge is -2.39. The Bertz CT molecular complexity index is 853. The summed E-state index contributed by atoms with van der Waals surface area (Å²) in [6.45, 7) is 4.56. The van der Waals surface area contributed by atoms with Gasteiger partial charge in [-0.1, -0.05) is 180 Å². The molecule has 0 aromatic heterocycles. The molecule has 4 N–H and O–H groups in total. The molecule has 326 valence electrons. The second-order valence-corrected chi connectivity index (χ2v) is 16.2. The normalized spacial score (nSPS) is 20.7. The van der Waals surface area contributed by atoms with Crippen molar-refractivity contribution in [2.24, 2.45) is 0 Å². The number of carbonyl (C=O) groups excluding carboxylic acids is 1. The molecular weight excluding hydrogens is 696 g/mol. The molecule has 0 aromatic rings. The molecule has 9 heteroatoms. The van der Waals surface area contributed by atoms with Crippen molar-refractivity contribution >= 4 is 5.97 Å². The maximum atomic E-state index is 12.7. The molecule has 0 saturated carbocycles. The molecule has 0 aliphatic carbocycles. The van der Waals surface area contributed by atoms with E-state index in [-0.39, 0.29) is 19.2 Å². The van der Waals surface area contributed by atoms with E-state index in [0.717, 1.165) is 44.9 Å². The number of hydrogen-bond acceptors (Lipinski definition) is 9. The van der Waals surface area contributed by atoms with Gasteiger partial charge in [-0.15, -0.1) is 0 Å². The standard InChI is InChI=1S/C46H88O9/c1-3-5-7-9-11-13-15-17-18-19-20-21-22-23-24-26-28-30-32-34-36-52-38-40(39-53-46-45(51)44(50)43(49)41(37-47)55-46)54-42(48)35-33-31-29-27-25-16-14-12-10-8-6-4-2/h12,14,40-41,43-47,49-51H,3-11,13,15-39H2,1-2H3/b14-12-. The van der Waals surface area contributed by atoms with E-state index in [9.17, 15) is 25.2 Å². The Morgan fingerprint density at radius 2 is 1.00 bits per heavy atom. The van der Waals surface area contributed by atoms with Crippen LogP contribution in [0.15, 0.2) is 12.2 Å². The molecule has 0 bridgehead atoms. The highest BCUT2D eigenvalue weighted by Gasteiger charge is 2.44. The van der Waals surface area contributed by atoms with Gasteiger partial charge in [-0.3, -0.25) is 4.79 Å². The zero-order valence-electron chi connectivity index (χ0n) is 35.7. The minimum atomic E-state index is -1.53. The first kappa shape index (κ1) is 51.9. The summed E-state index contributed by atoms with van der Waals surface area (Å²) in [5, 5.41) is 40.1. The molecule has 9 nitrogen and oxygen atoms in total. The van der Waals surface area contributed by atoms with Crippen LogP contribution < -0.4 is 0 Å². The lowest BCUT2D eigenvalue weighted by Crippen LogP contribution is -2.59. The SMILES string of the molecule is CCCCC/C=C\CCCCCCCC(=O)OC(COCCCCCCCCCCCCCCCCCCCCCC)COC1OC(CO)C(O)C(O)C1O. The highest BCUT2D eigenvalue weighted by molar-refractivity contribution is 5.69. The first-order valence-corrected chi connectivity index (χ1v) is 23.3. The Labute approximate surface area is 337 Å². The molecule has 55 heavy (non-hydrogen) atoms. The molecule has 0 amide bonds. The lowest BCUT2D eigenvalue weighted by atomic mass is 9.99. The van der Waals surface area contributed by atoms with E-state index < -0.39 is 43.4 Å². The van der Waals surface area contributed by atoms with Crippen LogP contribution in [0.3, 0.4) is 0 Å². The predicted molar refractivity (Wildman–Crippen MR) is 224 cm³/mol. The van der Waals surface area contributed by atoms with Crippen LogP contribution in [-0.4, -0.2) is 89.6 Å². The number of aliphatic hydroxyl groups is 4. The van der Waals surface area contributed by atoms with Crippen LogP contribution in [0.4, 0.5) is 0 Å². The van der Waals surface area contributed by atoms with Gasteiger partial charge in [-0.05, 0) is 38.5 Å². The Kier molecular flexibility index (Phi) is 36.3. The van der Waals surface area contributed by atoms with E-state index in [1.807, 2.05) is 0 Å². The maximum Gasteiger partial charge on any atom is 0.306 e. The van der Waals surface area contributed by atoms with Gasteiger partial charge in [0.25, 0.3) is 0 Å². The third-order valence-corrected chi connectivity index (χ3v) is 10.9. The van der Waals surface area contributed by atoms with Gasteiger partial charge < -0.3 is 39.4 Å². The molecule has 1 aliphatic heterocycles. The van der Waals surface area contributed by atoms with Crippen molar-refractivity contribution in [2.75, 3.05) is 26.4 Å². The summed E-state index contributed by atoms with van der Waals surface area (Å²) in [6, 6.07) is 0. The average molecular weight is 785 g/mol. The largest absolute Gasteiger partial charge is 0.457 e. The van der Waals surface area contributed by atoms with Gasteiger partial charge >= 0.3 is 5.97 Å². The highest BCUT2D eigenvalue weighted by Crippen LogP contribution is 2.23. The third-order valence-electron chi connectivity index (χ3n) is 10.9. The van der Waals surface area contributed by atoms with Gasteiger partial charge in [0, 0.05) is 13.0 Å². The summed E-state index contributed by atoms with van der Waals surface area (Å²) in [6.07, 6.45) is 35.3. The minimum Gasteiger partial charge on any atom is -0.457 e. The van der Waals surface area contributed by atoms with Gasteiger partial charge in [-0.25, -0.2) is 0 Å². The predicted octanol–water partition coefficient (Wildman–Crippen LogP) is 10.4. The summed E-state index contributed by atoms with van der Waals surface area (Å²) in [7, 11) is 0. The fourth-order valence-electron chi connectivity index (χ4n) is 7.25. The number of rotatable bonds is 40. The molecule has 1 aliphatic rings. The first-order valence-electron chi connectivity index (χ1n) is 23.3. The lowest BCUT2D eigenvalue weighted by molar-refractivity contribution is -0.305. The van der Waals surface area contributed by atoms with Gasteiger partial charge in [0.2, 0.25) is 0 Å². The minimum absolute atomic E-state index is 0.111. The van der Waals surface area contributed by atoms with Crippen LogP contribution in [-0.2, 0) is 23.7 Å². The number of unbranched alkanes of at least 4 members (excludes halogenated alkanes) is 27. The number of ether oxygens (including phenoxy) is 4. The smallest absolute Gasteiger partial charge is 0.306 e. The van der Waals surface area contributed by atoms with Crippen molar-refractivity contribution in [1.82, 2.24) is 0 Å². The number of aliphatic hydroxyl groups excluding tert-OH is 4. The fraction of sp³-hybridized carbons (Fsp3) is 0.935. The van der Waals surface area contributed by atoms with E-state index in [1.54, 1.807) is 0 Å². The monoisotopic (exact) mass is 785 g/mol. The number of hydrogen-bond donors (Lipinski definition) is 4. The van der Waals surface area contributed by atoms with Crippen LogP contribution in [0.2, 0.25) is 0 Å². The van der Waals surface area contributed by atoms with Crippen molar-refractivity contribution in [3.63, 3.8) is 0 Å².